The maximum atomic E-state index is 13.5. The fourth-order valence-corrected chi connectivity index (χ4v) is 5.90. The summed E-state index contributed by atoms with van der Waals surface area (Å²) < 4.78 is 28.0. The van der Waals surface area contributed by atoms with Gasteiger partial charge in [0.1, 0.15) is 6.04 Å². The van der Waals surface area contributed by atoms with Crippen molar-refractivity contribution in [3.63, 3.8) is 0 Å². The highest BCUT2D eigenvalue weighted by Crippen LogP contribution is 2.28. The molecule has 0 unspecified atom stereocenters. The Morgan fingerprint density at radius 2 is 1.47 bits per heavy atom. The number of sulfonamides is 1. The summed E-state index contributed by atoms with van der Waals surface area (Å²) >= 11 is 0. The number of amides is 3. The van der Waals surface area contributed by atoms with Crippen molar-refractivity contribution in [2.24, 2.45) is 5.92 Å². The van der Waals surface area contributed by atoms with Crippen LogP contribution in [0.3, 0.4) is 0 Å². The minimum Gasteiger partial charge on any atom is -0.341 e. The molecular formula is C25H29N3O5S. The topological polar surface area (TPSA) is 104 Å². The number of fused-ring (bicyclic) bond motifs is 1. The van der Waals surface area contributed by atoms with Crippen molar-refractivity contribution in [1.82, 2.24) is 14.5 Å². The lowest BCUT2D eigenvalue weighted by Crippen LogP contribution is -2.54. The fraction of sp³-hybridized carbons (Fsp3) is 0.400. The minimum absolute atomic E-state index is 0.0912. The van der Waals surface area contributed by atoms with E-state index in [0.29, 0.717) is 43.5 Å². The number of nitrogens with zero attached hydrogens (tertiary/aromatic N) is 2. The van der Waals surface area contributed by atoms with E-state index in [-0.39, 0.29) is 22.8 Å². The highest BCUT2D eigenvalue weighted by atomic mass is 32.2. The first-order valence-corrected chi connectivity index (χ1v) is 13.0. The standard InChI is InChI=1S/C25H29N3O5S/c1-17(2)16-22(28-23(29)20-10-6-7-11-21(20)24(28)30)25(31)27-14-12-18(13-15-27)26-34(32,33)19-8-4-3-5-9-19/h3-11,17-18,22,26H,12-16H2,1-2H3/t22-/m0/s1. The number of hydrogen-bond acceptors (Lipinski definition) is 5. The average Bonchev–Trinajstić information content (AvgIpc) is 3.08. The van der Waals surface area contributed by atoms with Crippen LogP contribution in [0.2, 0.25) is 0 Å². The van der Waals surface area contributed by atoms with Crippen LogP contribution >= 0.6 is 0 Å². The molecule has 9 heteroatoms. The fourth-order valence-electron chi connectivity index (χ4n) is 4.57. The number of carbonyl (C=O) groups is 3. The van der Waals surface area contributed by atoms with Crippen molar-refractivity contribution in [1.29, 1.82) is 0 Å². The van der Waals surface area contributed by atoms with Gasteiger partial charge in [-0.3, -0.25) is 19.3 Å². The van der Waals surface area contributed by atoms with Gasteiger partial charge in [0, 0.05) is 19.1 Å². The molecule has 1 atom stereocenters. The first-order chi connectivity index (χ1) is 16.2. The summed E-state index contributed by atoms with van der Waals surface area (Å²) in [5, 5.41) is 0. The molecule has 2 aromatic rings. The van der Waals surface area contributed by atoms with E-state index in [1.54, 1.807) is 59.5 Å². The molecule has 1 N–H and O–H groups in total. The Morgan fingerprint density at radius 1 is 0.941 bits per heavy atom. The van der Waals surface area contributed by atoms with Gasteiger partial charge in [0.25, 0.3) is 11.8 Å². The van der Waals surface area contributed by atoms with E-state index in [1.165, 1.54) is 0 Å². The molecule has 180 valence electrons. The van der Waals surface area contributed by atoms with Crippen molar-refractivity contribution in [2.75, 3.05) is 13.1 Å². The summed E-state index contributed by atoms with van der Waals surface area (Å²) in [5.41, 5.74) is 0.645. The Balaban J connectivity index is 1.45. The van der Waals surface area contributed by atoms with Crippen molar-refractivity contribution >= 4 is 27.7 Å². The Hall–Kier alpha value is -3.04. The van der Waals surface area contributed by atoms with Gasteiger partial charge < -0.3 is 4.90 Å². The molecule has 34 heavy (non-hydrogen) atoms. The largest absolute Gasteiger partial charge is 0.341 e. The molecule has 2 aliphatic rings. The second-order valence-corrected chi connectivity index (χ2v) is 10.9. The zero-order chi connectivity index (χ0) is 24.5. The van der Waals surface area contributed by atoms with E-state index in [0.717, 1.165) is 4.90 Å². The third-order valence-corrected chi connectivity index (χ3v) is 7.84. The molecule has 2 aromatic carbocycles. The second-order valence-electron chi connectivity index (χ2n) is 9.21. The van der Waals surface area contributed by atoms with Gasteiger partial charge in [0.2, 0.25) is 15.9 Å². The lowest BCUT2D eigenvalue weighted by Gasteiger charge is -2.36. The predicted octanol–water partition coefficient (Wildman–Crippen LogP) is 2.67. The van der Waals surface area contributed by atoms with Crippen molar-refractivity contribution in [3.05, 3.63) is 65.7 Å². The normalized spacial score (nSPS) is 17.9. The summed E-state index contributed by atoms with van der Waals surface area (Å²) in [7, 11) is -3.64. The van der Waals surface area contributed by atoms with Gasteiger partial charge in [0.05, 0.1) is 16.0 Å². The van der Waals surface area contributed by atoms with Crippen LogP contribution in [0.4, 0.5) is 0 Å². The molecule has 8 nitrogen and oxygen atoms in total. The number of likely N-dealkylation sites (tertiary alicyclic amines) is 1. The number of carbonyl (C=O) groups excluding carboxylic acids is 3. The van der Waals surface area contributed by atoms with Gasteiger partial charge in [-0.15, -0.1) is 0 Å². The van der Waals surface area contributed by atoms with Crippen molar-refractivity contribution in [2.45, 2.75) is 50.1 Å². The molecule has 0 saturated carbocycles. The van der Waals surface area contributed by atoms with Crippen molar-refractivity contribution < 1.29 is 22.8 Å². The van der Waals surface area contributed by atoms with E-state index in [4.69, 9.17) is 0 Å². The minimum atomic E-state index is -3.64. The SMILES string of the molecule is CC(C)C[C@@H](C(=O)N1CCC(NS(=O)(=O)c2ccccc2)CC1)N1C(=O)c2ccccc2C1=O. The van der Waals surface area contributed by atoms with Crippen LogP contribution in [-0.2, 0) is 14.8 Å². The molecule has 2 aliphatic heterocycles. The maximum Gasteiger partial charge on any atom is 0.262 e. The Kier molecular flexibility index (Phi) is 6.86. The second kappa shape index (κ2) is 9.68. The summed E-state index contributed by atoms with van der Waals surface area (Å²) in [6, 6.07) is 13.6. The van der Waals surface area contributed by atoms with E-state index < -0.39 is 27.9 Å². The Labute approximate surface area is 200 Å². The lowest BCUT2D eigenvalue weighted by molar-refractivity contribution is -0.137. The van der Waals surface area contributed by atoms with Crippen molar-refractivity contribution in [3.8, 4) is 0 Å². The smallest absolute Gasteiger partial charge is 0.262 e. The molecule has 3 amide bonds. The first kappa shape index (κ1) is 24.1. The third-order valence-electron chi connectivity index (χ3n) is 6.30. The number of hydrogen-bond donors (Lipinski definition) is 1. The monoisotopic (exact) mass is 483 g/mol. The quantitative estimate of drug-likeness (QED) is 0.610. The van der Waals surface area contributed by atoms with E-state index in [1.807, 2.05) is 13.8 Å². The number of benzene rings is 2. The molecule has 2 heterocycles. The van der Waals surface area contributed by atoms with Gasteiger partial charge in [-0.25, -0.2) is 13.1 Å². The van der Waals surface area contributed by atoms with E-state index in [2.05, 4.69) is 4.72 Å². The van der Waals surface area contributed by atoms with Crippen LogP contribution in [0, 0.1) is 5.92 Å². The lowest BCUT2D eigenvalue weighted by atomic mass is 9.99. The van der Waals surface area contributed by atoms with Crippen LogP contribution in [-0.4, -0.2) is 61.1 Å². The zero-order valence-corrected chi connectivity index (χ0v) is 20.1. The molecule has 0 bridgehead atoms. The van der Waals surface area contributed by atoms with Gasteiger partial charge in [0.15, 0.2) is 0 Å². The van der Waals surface area contributed by atoms with Crippen LogP contribution in [0.15, 0.2) is 59.5 Å². The van der Waals surface area contributed by atoms with Crippen LogP contribution in [0.1, 0.15) is 53.8 Å². The van der Waals surface area contributed by atoms with E-state index in [9.17, 15) is 22.8 Å². The van der Waals surface area contributed by atoms with Gasteiger partial charge in [-0.05, 0) is 49.4 Å². The van der Waals surface area contributed by atoms with Gasteiger partial charge >= 0.3 is 0 Å². The predicted molar refractivity (Wildman–Crippen MR) is 127 cm³/mol. The molecule has 0 aromatic heterocycles. The van der Waals surface area contributed by atoms with Crippen LogP contribution < -0.4 is 4.72 Å². The van der Waals surface area contributed by atoms with Gasteiger partial charge in [-0.2, -0.15) is 0 Å². The maximum absolute atomic E-state index is 13.5. The number of rotatable bonds is 7. The molecule has 1 fully saturated rings. The Bertz CT molecular complexity index is 1150. The van der Waals surface area contributed by atoms with Gasteiger partial charge in [-0.1, -0.05) is 44.2 Å². The summed E-state index contributed by atoms with van der Waals surface area (Å²) in [4.78, 5) is 42.5. The summed E-state index contributed by atoms with van der Waals surface area (Å²) in [6.07, 6.45) is 1.27. The Morgan fingerprint density at radius 3 is 2.00 bits per heavy atom. The number of piperidine rings is 1. The molecule has 0 spiro atoms. The summed E-state index contributed by atoms with van der Waals surface area (Å²) in [6.45, 7) is 4.59. The molecule has 0 radical (unpaired) electrons. The highest BCUT2D eigenvalue weighted by molar-refractivity contribution is 7.89. The molecule has 0 aliphatic carbocycles. The van der Waals surface area contributed by atoms with Crippen LogP contribution in [0.5, 0.6) is 0 Å². The molecular weight excluding hydrogens is 454 g/mol. The average molecular weight is 484 g/mol. The molecule has 1 saturated heterocycles. The van der Waals surface area contributed by atoms with Crippen LogP contribution in [0.25, 0.3) is 0 Å². The third kappa shape index (κ3) is 4.76. The number of imide groups is 1. The summed E-state index contributed by atoms with van der Waals surface area (Å²) in [5.74, 6) is -1.06. The number of nitrogens with one attached hydrogen (secondary N) is 1. The molecule has 4 rings (SSSR count). The van der Waals surface area contributed by atoms with E-state index >= 15 is 0 Å². The highest BCUT2D eigenvalue weighted by Gasteiger charge is 2.44. The first-order valence-electron chi connectivity index (χ1n) is 11.5. The zero-order valence-electron chi connectivity index (χ0n) is 19.3.